The van der Waals surface area contributed by atoms with Crippen LogP contribution in [0.2, 0.25) is 0 Å². The number of aromatic amines is 1. The minimum atomic E-state index is 0.0125. The third-order valence-corrected chi connectivity index (χ3v) is 4.13. The molecule has 0 unspecified atom stereocenters. The zero-order chi connectivity index (χ0) is 16.4. The lowest BCUT2D eigenvalue weighted by Gasteiger charge is -2.31. The molecule has 0 bridgehead atoms. The van der Waals surface area contributed by atoms with Gasteiger partial charge in [-0.2, -0.15) is 0 Å². The molecule has 1 N–H and O–H groups in total. The van der Waals surface area contributed by atoms with Crippen LogP contribution < -0.4 is 5.56 Å². The van der Waals surface area contributed by atoms with Crippen molar-refractivity contribution in [3.8, 4) is 0 Å². The first-order valence-electron chi connectivity index (χ1n) is 7.91. The molecule has 1 aliphatic rings. The largest absolute Gasteiger partial charge is 0.350 e. The number of H-pyrrole nitrogens is 1. The summed E-state index contributed by atoms with van der Waals surface area (Å²) in [5.74, 6) is 0.896. The predicted molar refractivity (Wildman–Crippen MR) is 92.1 cm³/mol. The number of rotatable bonds is 4. The van der Waals surface area contributed by atoms with Crippen molar-refractivity contribution < 1.29 is 0 Å². The van der Waals surface area contributed by atoms with Gasteiger partial charge in [0.2, 0.25) is 0 Å². The lowest BCUT2D eigenvalue weighted by molar-refractivity contribution is 0.337. The SMILES string of the molecule is Cc1[nH]n(C2=CC=CCN2C(C)C)c(=O)c1Cc1cccnc1. The molecule has 3 heterocycles. The Kier molecular flexibility index (Phi) is 4.19. The molecular weight excluding hydrogens is 288 g/mol. The summed E-state index contributed by atoms with van der Waals surface area (Å²) >= 11 is 0. The van der Waals surface area contributed by atoms with Crippen molar-refractivity contribution in [2.75, 3.05) is 6.54 Å². The first kappa shape index (κ1) is 15.3. The van der Waals surface area contributed by atoms with E-state index in [0.717, 1.165) is 29.2 Å². The van der Waals surface area contributed by atoms with Crippen LogP contribution in [0, 0.1) is 6.92 Å². The topological polar surface area (TPSA) is 53.9 Å². The Morgan fingerprint density at radius 3 is 2.91 bits per heavy atom. The molecule has 1 aliphatic heterocycles. The Bertz CT molecular complexity index is 796. The van der Waals surface area contributed by atoms with E-state index < -0.39 is 0 Å². The number of allylic oxidation sites excluding steroid dienone is 2. The first-order valence-corrected chi connectivity index (χ1v) is 7.91. The minimum Gasteiger partial charge on any atom is -0.350 e. The zero-order valence-corrected chi connectivity index (χ0v) is 13.8. The lowest BCUT2D eigenvalue weighted by Crippen LogP contribution is -2.36. The molecule has 0 aromatic carbocycles. The van der Waals surface area contributed by atoms with E-state index in [1.165, 1.54) is 0 Å². The highest BCUT2D eigenvalue weighted by Gasteiger charge is 2.20. The van der Waals surface area contributed by atoms with Gasteiger partial charge < -0.3 is 4.90 Å². The number of aromatic nitrogens is 3. The summed E-state index contributed by atoms with van der Waals surface area (Å²) in [4.78, 5) is 19.2. The van der Waals surface area contributed by atoms with E-state index >= 15 is 0 Å². The maximum atomic E-state index is 12.9. The molecule has 0 radical (unpaired) electrons. The molecule has 0 spiro atoms. The van der Waals surface area contributed by atoms with Crippen molar-refractivity contribution >= 4 is 5.82 Å². The van der Waals surface area contributed by atoms with Crippen LogP contribution in [0.15, 0.2) is 47.5 Å². The summed E-state index contributed by atoms with van der Waals surface area (Å²) in [5.41, 5.74) is 2.74. The second-order valence-electron chi connectivity index (χ2n) is 6.09. The highest BCUT2D eigenvalue weighted by Crippen LogP contribution is 2.18. The third kappa shape index (κ3) is 2.99. The molecule has 23 heavy (non-hydrogen) atoms. The van der Waals surface area contributed by atoms with Gasteiger partial charge in [0.25, 0.3) is 5.56 Å². The molecular formula is C18H22N4O. The second kappa shape index (κ2) is 6.28. The summed E-state index contributed by atoms with van der Waals surface area (Å²) in [7, 11) is 0. The van der Waals surface area contributed by atoms with Crippen molar-refractivity contribution in [2.24, 2.45) is 0 Å². The molecule has 0 fully saturated rings. The molecule has 0 atom stereocenters. The van der Waals surface area contributed by atoms with E-state index in [-0.39, 0.29) is 5.56 Å². The van der Waals surface area contributed by atoms with Crippen LogP contribution in [-0.4, -0.2) is 32.3 Å². The lowest BCUT2D eigenvalue weighted by atomic mass is 10.1. The van der Waals surface area contributed by atoms with Crippen LogP contribution in [0.3, 0.4) is 0 Å². The van der Waals surface area contributed by atoms with Crippen LogP contribution in [0.25, 0.3) is 5.82 Å². The molecule has 3 rings (SSSR count). The fourth-order valence-electron chi connectivity index (χ4n) is 2.85. The monoisotopic (exact) mass is 310 g/mol. The van der Waals surface area contributed by atoms with Crippen LogP contribution in [0.5, 0.6) is 0 Å². The van der Waals surface area contributed by atoms with E-state index in [1.54, 1.807) is 17.1 Å². The normalized spacial score (nSPS) is 14.4. The standard InChI is InChI=1S/C18H22N4O/c1-13(2)21-10-5-4-8-17(21)22-18(23)16(14(3)20-22)11-15-7-6-9-19-12-15/h4-9,12-13,20H,10-11H2,1-3H3. The van der Waals surface area contributed by atoms with Gasteiger partial charge in [0.1, 0.15) is 5.82 Å². The van der Waals surface area contributed by atoms with E-state index in [0.29, 0.717) is 12.5 Å². The van der Waals surface area contributed by atoms with Gasteiger partial charge in [0, 0.05) is 42.7 Å². The molecule has 2 aromatic rings. The van der Waals surface area contributed by atoms with Gasteiger partial charge in [-0.25, -0.2) is 4.68 Å². The maximum absolute atomic E-state index is 12.9. The highest BCUT2D eigenvalue weighted by atomic mass is 16.1. The van der Waals surface area contributed by atoms with E-state index in [1.807, 2.05) is 31.2 Å². The zero-order valence-electron chi connectivity index (χ0n) is 13.8. The fourth-order valence-corrected chi connectivity index (χ4v) is 2.85. The Labute approximate surface area is 136 Å². The van der Waals surface area contributed by atoms with Gasteiger partial charge in [-0.05, 0) is 38.5 Å². The molecule has 2 aromatic heterocycles. The van der Waals surface area contributed by atoms with Crippen molar-refractivity contribution in [2.45, 2.75) is 33.2 Å². The first-order chi connectivity index (χ1) is 11.1. The summed E-state index contributed by atoms with van der Waals surface area (Å²) < 4.78 is 1.66. The number of hydrogen-bond acceptors (Lipinski definition) is 3. The van der Waals surface area contributed by atoms with Gasteiger partial charge in [0.15, 0.2) is 0 Å². The van der Waals surface area contributed by atoms with Crippen molar-refractivity contribution in [3.63, 3.8) is 0 Å². The smallest absolute Gasteiger partial charge is 0.276 e. The number of aryl methyl sites for hydroxylation is 1. The van der Waals surface area contributed by atoms with Crippen molar-refractivity contribution in [3.05, 3.63) is 69.9 Å². The number of hydrogen-bond donors (Lipinski definition) is 1. The van der Waals surface area contributed by atoms with Gasteiger partial charge >= 0.3 is 0 Å². The quantitative estimate of drug-likeness (QED) is 0.944. The fraction of sp³-hybridized carbons (Fsp3) is 0.333. The Morgan fingerprint density at radius 1 is 1.39 bits per heavy atom. The van der Waals surface area contributed by atoms with Gasteiger partial charge in [-0.1, -0.05) is 18.2 Å². The van der Waals surface area contributed by atoms with E-state index in [2.05, 4.69) is 34.9 Å². The number of nitrogens with zero attached hydrogens (tertiary/aromatic N) is 3. The predicted octanol–water partition coefficient (Wildman–Crippen LogP) is 2.55. The summed E-state index contributed by atoms with van der Waals surface area (Å²) in [5, 5.41) is 3.23. The number of nitrogens with one attached hydrogen (secondary N) is 1. The number of pyridine rings is 1. The summed E-state index contributed by atoms with van der Waals surface area (Å²) in [6.07, 6.45) is 10.2. The van der Waals surface area contributed by atoms with Gasteiger partial charge in [-0.3, -0.25) is 14.9 Å². The van der Waals surface area contributed by atoms with Crippen molar-refractivity contribution in [1.82, 2.24) is 19.7 Å². The average Bonchev–Trinajstić information content (AvgIpc) is 2.84. The third-order valence-electron chi connectivity index (χ3n) is 4.13. The maximum Gasteiger partial charge on any atom is 0.276 e. The van der Waals surface area contributed by atoms with Crippen LogP contribution in [0.4, 0.5) is 0 Å². The second-order valence-corrected chi connectivity index (χ2v) is 6.09. The van der Waals surface area contributed by atoms with Crippen LogP contribution in [-0.2, 0) is 6.42 Å². The molecule has 5 nitrogen and oxygen atoms in total. The van der Waals surface area contributed by atoms with E-state index in [4.69, 9.17) is 0 Å². The van der Waals surface area contributed by atoms with Gasteiger partial charge in [-0.15, -0.1) is 0 Å². The summed E-state index contributed by atoms with van der Waals surface area (Å²) in [6, 6.07) is 4.21. The molecule has 0 saturated heterocycles. The van der Waals surface area contributed by atoms with Crippen LogP contribution in [0.1, 0.15) is 30.7 Å². The highest BCUT2D eigenvalue weighted by molar-refractivity contribution is 5.49. The van der Waals surface area contributed by atoms with Crippen LogP contribution >= 0.6 is 0 Å². The van der Waals surface area contributed by atoms with Gasteiger partial charge in [0.05, 0.1) is 0 Å². The molecule has 0 aliphatic carbocycles. The molecule has 120 valence electrons. The molecule has 0 saturated carbocycles. The van der Waals surface area contributed by atoms with E-state index in [9.17, 15) is 4.79 Å². The average molecular weight is 310 g/mol. The molecule has 5 heteroatoms. The Hall–Kier alpha value is -2.56. The Morgan fingerprint density at radius 2 is 2.22 bits per heavy atom. The van der Waals surface area contributed by atoms with Crippen molar-refractivity contribution in [1.29, 1.82) is 0 Å². The summed E-state index contributed by atoms with van der Waals surface area (Å²) in [6.45, 7) is 7.02. The minimum absolute atomic E-state index is 0.0125. The molecule has 0 amide bonds. The Balaban J connectivity index is 1.99.